The van der Waals surface area contributed by atoms with Crippen LogP contribution in [0.15, 0.2) is 59.5 Å². The molecule has 2 rings (SSSR count). The first-order valence-corrected chi connectivity index (χ1v) is 8.80. The van der Waals surface area contributed by atoms with Crippen molar-refractivity contribution in [2.75, 3.05) is 13.7 Å². The van der Waals surface area contributed by atoms with Crippen LogP contribution in [-0.4, -0.2) is 33.5 Å². The lowest BCUT2D eigenvalue weighted by atomic mass is 9.96. The summed E-state index contributed by atoms with van der Waals surface area (Å²) in [5, 5.41) is 0. The second kappa shape index (κ2) is 7.25. The normalized spacial score (nSPS) is 14.1. The van der Waals surface area contributed by atoms with Crippen LogP contribution >= 0.6 is 0 Å². The maximum atomic E-state index is 12.8. The quantitative estimate of drug-likeness (QED) is 0.568. The molecule has 128 valence electrons. The summed E-state index contributed by atoms with van der Waals surface area (Å²) < 4.78 is 35.4. The minimum Gasteiger partial charge on any atom is -0.381 e. The lowest BCUT2D eigenvalue weighted by Crippen LogP contribution is -2.44. The molecule has 6 heteroatoms. The fraction of sp³-hybridized carbons (Fsp3) is 0.278. The van der Waals surface area contributed by atoms with Crippen molar-refractivity contribution in [2.24, 2.45) is 0 Å². The summed E-state index contributed by atoms with van der Waals surface area (Å²) in [4.78, 5) is 12.7. The Hall–Kier alpha value is -2.02. The number of carbonyl (C=O) groups is 1. The molecule has 0 amide bonds. The molecule has 0 N–H and O–H groups in total. The van der Waals surface area contributed by atoms with Crippen LogP contribution in [0.3, 0.4) is 0 Å². The van der Waals surface area contributed by atoms with E-state index in [1.807, 2.05) is 6.92 Å². The van der Waals surface area contributed by atoms with Gasteiger partial charge in [0.05, 0.1) is 11.5 Å². The summed E-state index contributed by atoms with van der Waals surface area (Å²) in [5.74, 6) is -0.458. The Balaban J connectivity index is 2.36. The first-order valence-electron chi connectivity index (χ1n) is 7.39. The van der Waals surface area contributed by atoms with Crippen LogP contribution in [0.25, 0.3) is 0 Å². The molecule has 0 fully saturated rings. The van der Waals surface area contributed by atoms with E-state index in [-0.39, 0.29) is 11.5 Å². The van der Waals surface area contributed by atoms with Gasteiger partial charge in [-0.1, -0.05) is 48.0 Å². The number of ether oxygens (including phenoxy) is 1. The van der Waals surface area contributed by atoms with Crippen molar-refractivity contribution in [3.63, 3.8) is 0 Å². The molecule has 0 radical (unpaired) electrons. The summed E-state index contributed by atoms with van der Waals surface area (Å²) in [6.45, 7) is 3.08. The van der Waals surface area contributed by atoms with Crippen LogP contribution in [-0.2, 0) is 19.0 Å². The topological polar surface area (TPSA) is 69.7 Å². The summed E-state index contributed by atoms with van der Waals surface area (Å²) in [5.41, 5.74) is -0.370. The van der Waals surface area contributed by atoms with Gasteiger partial charge >= 0.3 is 0 Å². The number of Topliss-reactive ketones (excluding diaryl/α,β-unsaturated/α-hetero) is 1. The van der Waals surface area contributed by atoms with Crippen LogP contribution in [0.2, 0.25) is 0 Å². The third kappa shape index (κ3) is 4.08. The summed E-state index contributed by atoms with van der Waals surface area (Å²) >= 11 is 0. The lowest BCUT2D eigenvalue weighted by molar-refractivity contribution is 0.0138. The van der Waals surface area contributed by atoms with Crippen LogP contribution in [0.1, 0.15) is 22.8 Å². The minimum absolute atomic E-state index is 0.00344. The highest BCUT2D eigenvalue weighted by atomic mass is 32.2. The number of benzene rings is 2. The van der Waals surface area contributed by atoms with Crippen molar-refractivity contribution in [1.29, 1.82) is 0 Å². The first kappa shape index (κ1) is 18.3. The van der Waals surface area contributed by atoms with Gasteiger partial charge in [0.15, 0.2) is 11.4 Å². The molecule has 0 saturated carbocycles. The van der Waals surface area contributed by atoms with Gasteiger partial charge in [0.1, 0.15) is 0 Å². The lowest BCUT2D eigenvalue weighted by Gasteiger charge is -2.27. The standard InChI is InChI=1S/C18H20O5S/c1-14-9-11-16(12-10-14)24(20,21)23-18(2,13-22-3)17(19)15-7-5-4-6-8-15/h4-12H,13H2,1-3H3. The molecule has 0 aromatic heterocycles. The molecule has 0 aliphatic heterocycles. The van der Waals surface area contributed by atoms with Crippen molar-refractivity contribution >= 4 is 15.9 Å². The molecular formula is C18H20O5S. The highest BCUT2D eigenvalue weighted by molar-refractivity contribution is 7.86. The molecule has 2 aromatic rings. The second-order valence-electron chi connectivity index (χ2n) is 5.71. The Morgan fingerprint density at radius 1 is 1.04 bits per heavy atom. The fourth-order valence-corrected chi connectivity index (χ4v) is 3.47. The number of carbonyl (C=O) groups excluding carboxylic acids is 1. The van der Waals surface area contributed by atoms with E-state index in [9.17, 15) is 13.2 Å². The van der Waals surface area contributed by atoms with E-state index in [4.69, 9.17) is 8.92 Å². The maximum Gasteiger partial charge on any atom is 0.298 e. The van der Waals surface area contributed by atoms with Gasteiger partial charge in [0.2, 0.25) is 0 Å². The fourth-order valence-electron chi connectivity index (χ4n) is 2.29. The van der Waals surface area contributed by atoms with Crippen LogP contribution < -0.4 is 0 Å². The van der Waals surface area contributed by atoms with Gasteiger partial charge in [-0.05, 0) is 26.0 Å². The Bertz CT molecular complexity index is 797. The number of aryl methyl sites for hydroxylation is 1. The zero-order valence-corrected chi connectivity index (χ0v) is 14.7. The van der Waals surface area contributed by atoms with Crippen molar-refractivity contribution in [3.8, 4) is 0 Å². The second-order valence-corrected chi connectivity index (χ2v) is 7.26. The maximum absolute atomic E-state index is 12.8. The van der Waals surface area contributed by atoms with Gasteiger partial charge in [-0.3, -0.25) is 4.79 Å². The monoisotopic (exact) mass is 348 g/mol. The van der Waals surface area contributed by atoms with E-state index in [1.54, 1.807) is 42.5 Å². The predicted octanol–water partition coefficient (Wildman–Crippen LogP) is 2.99. The molecule has 2 aromatic carbocycles. The molecule has 0 spiro atoms. The van der Waals surface area contributed by atoms with Crippen LogP contribution in [0.5, 0.6) is 0 Å². The molecule has 0 bridgehead atoms. The molecule has 24 heavy (non-hydrogen) atoms. The first-order chi connectivity index (χ1) is 11.3. The molecule has 1 unspecified atom stereocenters. The molecule has 5 nitrogen and oxygen atoms in total. The van der Waals surface area contributed by atoms with Gasteiger partial charge in [-0.15, -0.1) is 0 Å². The van der Waals surface area contributed by atoms with Crippen molar-refractivity contribution in [1.82, 2.24) is 0 Å². The van der Waals surface area contributed by atoms with E-state index in [1.165, 1.54) is 26.2 Å². The molecule has 0 heterocycles. The average molecular weight is 348 g/mol. The van der Waals surface area contributed by atoms with Gasteiger partial charge in [0, 0.05) is 12.7 Å². The Morgan fingerprint density at radius 3 is 2.17 bits per heavy atom. The third-order valence-electron chi connectivity index (χ3n) is 3.54. The summed E-state index contributed by atoms with van der Waals surface area (Å²) in [6, 6.07) is 14.6. The molecular weight excluding hydrogens is 328 g/mol. The van der Waals surface area contributed by atoms with Gasteiger partial charge in [-0.25, -0.2) is 4.18 Å². The van der Waals surface area contributed by atoms with E-state index < -0.39 is 21.5 Å². The summed E-state index contributed by atoms with van der Waals surface area (Å²) in [6.07, 6.45) is 0. The van der Waals surface area contributed by atoms with Gasteiger partial charge < -0.3 is 4.74 Å². The van der Waals surface area contributed by atoms with Gasteiger partial charge in [-0.2, -0.15) is 8.42 Å². The number of ketones is 1. The zero-order valence-electron chi connectivity index (χ0n) is 13.9. The summed E-state index contributed by atoms with van der Waals surface area (Å²) in [7, 11) is -2.72. The zero-order chi connectivity index (χ0) is 17.8. The minimum atomic E-state index is -4.11. The molecule has 0 aliphatic carbocycles. The Labute approximate surface area is 142 Å². The Kier molecular flexibility index (Phi) is 5.54. The van der Waals surface area contributed by atoms with Crippen molar-refractivity contribution in [2.45, 2.75) is 24.3 Å². The van der Waals surface area contributed by atoms with E-state index >= 15 is 0 Å². The highest BCUT2D eigenvalue weighted by Gasteiger charge is 2.40. The number of hydrogen-bond donors (Lipinski definition) is 0. The smallest absolute Gasteiger partial charge is 0.298 e. The van der Waals surface area contributed by atoms with Crippen LogP contribution in [0.4, 0.5) is 0 Å². The van der Waals surface area contributed by atoms with Gasteiger partial charge in [0.25, 0.3) is 10.1 Å². The average Bonchev–Trinajstić information content (AvgIpc) is 2.55. The number of methoxy groups -OCH3 is 1. The van der Waals surface area contributed by atoms with E-state index in [2.05, 4.69) is 0 Å². The SMILES string of the molecule is COCC(C)(OS(=O)(=O)c1ccc(C)cc1)C(=O)c1ccccc1. The Morgan fingerprint density at radius 2 is 1.62 bits per heavy atom. The van der Waals surface area contributed by atoms with Crippen molar-refractivity contribution in [3.05, 3.63) is 65.7 Å². The van der Waals surface area contributed by atoms with E-state index in [0.717, 1.165) is 5.56 Å². The third-order valence-corrected chi connectivity index (χ3v) is 4.98. The van der Waals surface area contributed by atoms with E-state index in [0.29, 0.717) is 5.56 Å². The number of rotatable bonds is 7. The largest absolute Gasteiger partial charge is 0.381 e. The highest BCUT2D eigenvalue weighted by Crippen LogP contribution is 2.25. The number of hydrogen-bond acceptors (Lipinski definition) is 5. The molecule has 0 aliphatic rings. The molecule has 1 atom stereocenters. The van der Waals surface area contributed by atoms with Crippen molar-refractivity contribution < 1.29 is 22.1 Å². The predicted molar refractivity (Wildman–Crippen MR) is 90.5 cm³/mol. The molecule has 0 saturated heterocycles. The van der Waals surface area contributed by atoms with Crippen LogP contribution in [0, 0.1) is 6.92 Å².